The van der Waals surface area contributed by atoms with Crippen molar-refractivity contribution in [1.29, 1.82) is 5.41 Å². The number of rotatable bonds is 4. The maximum absolute atomic E-state index is 7.46. The molecule has 3 N–H and O–H groups in total. The predicted octanol–water partition coefficient (Wildman–Crippen LogP) is 1.36. The van der Waals surface area contributed by atoms with Crippen molar-refractivity contribution in [2.75, 3.05) is 18.5 Å². The highest BCUT2D eigenvalue weighted by molar-refractivity contribution is 5.79. The fourth-order valence-electron chi connectivity index (χ4n) is 2.43. The van der Waals surface area contributed by atoms with Gasteiger partial charge in [0.1, 0.15) is 12.1 Å². The number of hydrogen-bond acceptors (Lipinski definition) is 4. The van der Waals surface area contributed by atoms with Gasteiger partial charge in [-0.25, -0.2) is 9.97 Å². The molecule has 18 heavy (non-hydrogen) atoms. The zero-order chi connectivity index (χ0) is 13.1. The topological polar surface area (TPSA) is 78.9 Å². The number of nitrogens with one attached hydrogen (secondary N) is 1. The number of hydrogen-bond donors (Lipinski definition) is 2. The van der Waals surface area contributed by atoms with Crippen LogP contribution in [0.1, 0.15) is 31.0 Å². The van der Waals surface area contributed by atoms with Crippen molar-refractivity contribution in [3.63, 3.8) is 0 Å². The van der Waals surface area contributed by atoms with Crippen LogP contribution >= 0.6 is 0 Å². The van der Waals surface area contributed by atoms with Crippen molar-refractivity contribution >= 4 is 11.7 Å². The molecule has 0 bridgehead atoms. The Morgan fingerprint density at radius 2 is 2.17 bits per heavy atom. The number of aryl methyl sites for hydroxylation is 1. The van der Waals surface area contributed by atoms with E-state index >= 15 is 0 Å². The monoisotopic (exact) mass is 247 g/mol. The maximum atomic E-state index is 7.46. The molecular formula is C13H21N5. The molecule has 0 aliphatic heterocycles. The van der Waals surface area contributed by atoms with Crippen LogP contribution in [0.5, 0.6) is 0 Å². The average Bonchev–Trinajstić information content (AvgIpc) is 2.37. The summed E-state index contributed by atoms with van der Waals surface area (Å²) in [5, 5.41) is 7.46. The van der Waals surface area contributed by atoms with E-state index in [1.807, 2.05) is 14.0 Å². The molecule has 98 valence electrons. The van der Waals surface area contributed by atoms with E-state index in [1.54, 1.807) is 6.33 Å². The number of amidine groups is 1. The van der Waals surface area contributed by atoms with Gasteiger partial charge in [-0.15, -0.1) is 0 Å². The minimum Gasteiger partial charge on any atom is -0.387 e. The van der Waals surface area contributed by atoms with Crippen LogP contribution in [0.25, 0.3) is 0 Å². The fraction of sp³-hybridized carbons (Fsp3) is 0.615. The molecule has 5 nitrogen and oxygen atoms in total. The Kier molecular flexibility index (Phi) is 3.79. The van der Waals surface area contributed by atoms with Gasteiger partial charge >= 0.3 is 0 Å². The summed E-state index contributed by atoms with van der Waals surface area (Å²) in [6, 6.07) is 0. The summed E-state index contributed by atoms with van der Waals surface area (Å²) in [5.74, 6) is 1.28. The van der Waals surface area contributed by atoms with Gasteiger partial charge in [-0.2, -0.15) is 0 Å². The van der Waals surface area contributed by atoms with E-state index in [0.29, 0.717) is 0 Å². The van der Waals surface area contributed by atoms with E-state index in [1.165, 1.54) is 24.1 Å². The standard InChI is InChI=1S/C13H21N5/c1-9(12(14)15)7-18(2)13-10-5-3-4-6-11(10)16-8-17-13/h8-9H,3-7H2,1-2H3,(H3,14,15). The van der Waals surface area contributed by atoms with Crippen molar-refractivity contribution in [2.24, 2.45) is 11.7 Å². The zero-order valence-corrected chi connectivity index (χ0v) is 11.1. The lowest BCUT2D eigenvalue weighted by Gasteiger charge is -2.26. The van der Waals surface area contributed by atoms with Gasteiger partial charge in [-0.1, -0.05) is 6.92 Å². The van der Waals surface area contributed by atoms with Crippen molar-refractivity contribution in [3.05, 3.63) is 17.6 Å². The number of aromatic nitrogens is 2. The van der Waals surface area contributed by atoms with E-state index in [2.05, 4.69) is 14.9 Å². The van der Waals surface area contributed by atoms with E-state index < -0.39 is 0 Å². The Bertz CT molecular complexity index is 443. The van der Waals surface area contributed by atoms with E-state index in [9.17, 15) is 0 Å². The zero-order valence-electron chi connectivity index (χ0n) is 11.1. The highest BCUT2D eigenvalue weighted by Crippen LogP contribution is 2.26. The summed E-state index contributed by atoms with van der Waals surface area (Å²) in [6.45, 7) is 2.69. The average molecular weight is 247 g/mol. The van der Waals surface area contributed by atoms with Gasteiger partial charge in [0.25, 0.3) is 0 Å². The molecule has 1 aromatic rings. The van der Waals surface area contributed by atoms with Gasteiger partial charge in [0.05, 0.1) is 5.84 Å². The highest BCUT2D eigenvalue weighted by Gasteiger charge is 2.19. The second kappa shape index (κ2) is 5.33. The summed E-state index contributed by atoms with van der Waals surface area (Å²) >= 11 is 0. The number of anilines is 1. The molecule has 0 aromatic carbocycles. The first-order valence-corrected chi connectivity index (χ1v) is 6.47. The maximum Gasteiger partial charge on any atom is 0.135 e. The van der Waals surface area contributed by atoms with Gasteiger partial charge in [-0.05, 0) is 25.7 Å². The molecule has 0 amide bonds. The van der Waals surface area contributed by atoms with Crippen LogP contribution in [0.2, 0.25) is 0 Å². The molecule has 2 rings (SSSR count). The Morgan fingerprint density at radius 3 is 2.89 bits per heavy atom. The van der Waals surface area contributed by atoms with Crippen LogP contribution in [0.15, 0.2) is 6.33 Å². The number of nitrogens with two attached hydrogens (primary N) is 1. The van der Waals surface area contributed by atoms with Crippen LogP contribution in [-0.2, 0) is 12.8 Å². The van der Waals surface area contributed by atoms with Gasteiger partial charge in [0.2, 0.25) is 0 Å². The quantitative estimate of drug-likeness (QED) is 0.622. The first kappa shape index (κ1) is 12.8. The summed E-state index contributed by atoms with van der Waals surface area (Å²) in [5.41, 5.74) is 7.99. The Morgan fingerprint density at radius 1 is 1.44 bits per heavy atom. The summed E-state index contributed by atoms with van der Waals surface area (Å²) < 4.78 is 0. The molecule has 0 spiro atoms. The van der Waals surface area contributed by atoms with Crippen molar-refractivity contribution in [1.82, 2.24) is 9.97 Å². The molecule has 0 saturated heterocycles. The lowest BCUT2D eigenvalue weighted by molar-refractivity contribution is 0.651. The molecule has 1 heterocycles. The fourth-order valence-corrected chi connectivity index (χ4v) is 2.43. The molecule has 1 unspecified atom stereocenters. The normalized spacial score (nSPS) is 15.9. The first-order valence-electron chi connectivity index (χ1n) is 6.47. The second-order valence-electron chi connectivity index (χ2n) is 5.07. The van der Waals surface area contributed by atoms with Crippen molar-refractivity contribution in [2.45, 2.75) is 32.6 Å². The van der Waals surface area contributed by atoms with Gasteiger partial charge in [0.15, 0.2) is 0 Å². The SMILES string of the molecule is CC(CN(C)c1ncnc2c1CCCC2)C(=N)N. The molecule has 1 aromatic heterocycles. The smallest absolute Gasteiger partial charge is 0.135 e. The van der Waals surface area contributed by atoms with Gasteiger partial charge in [0, 0.05) is 30.8 Å². The third kappa shape index (κ3) is 2.60. The lowest BCUT2D eigenvalue weighted by atomic mass is 9.96. The summed E-state index contributed by atoms with van der Waals surface area (Å²) in [4.78, 5) is 10.9. The van der Waals surface area contributed by atoms with Crippen LogP contribution in [0, 0.1) is 11.3 Å². The molecular weight excluding hydrogens is 226 g/mol. The number of fused-ring (bicyclic) bond motifs is 1. The molecule has 1 aliphatic carbocycles. The van der Waals surface area contributed by atoms with Gasteiger partial charge < -0.3 is 10.6 Å². The van der Waals surface area contributed by atoms with Crippen LogP contribution in [-0.4, -0.2) is 29.4 Å². The van der Waals surface area contributed by atoms with Crippen LogP contribution in [0.3, 0.4) is 0 Å². The Hall–Kier alpha value is -1.65. The summed E-state index contributed by atoms with van der Waals surface area (Å²) in [7, 11) is 2.01. The highest BCUT2D eigenvalue weighted by atomic mass is 15.2. The summed E-state index contributed by atoms with van der Waals surface area (Å²) in [6.07, 6.45) is 6.19. The Labute approximate surface area is 108 Å². The van der Waals surface area contributed by atoms with Crippen molar-refractivity contribution < 1.29 is 0 Å². The molecule has 1 atom stereocenters. The second-order valence-corrected chi connectivity index (χ2v) is 5.07. The Balaban J connectivity index is 2.20. The molecule has 0 fully saturated rings. The number of nitrogens with zero attached hydrogens (tertiary/aromatic N) is 3. The van der Waals surface area contributed by atoms with Crippen LogP contribution < -0.4 is 10.6 Å². The van der Waals surface area contributed by atoms with Crippen LogP contribution in [0.4, 0.5) is 5.82 Å². The van der Waals surface area contributed by atoms with Gasteiger partial charge in [-0.3, -0.25) is 5.41 Å². The van der Waals surface area contributed by atoms with E-state index in [4.69, 9.17) is 11.1 Å². The third-order valence-corrected chi connectivity index (χ3v) is 3.54. The first-order chi connectivity index (χ1) is 8.59. The predicted molar refractivity (Wildman–Crippen MR) is 73.0 cm³/mol. The third-order valence-electron chi connectivity index (χ3n) is 3.54. The molecule has 0 radical (unpaired) electrons. The van der Waals surface area contributed by atoms with E-state index in [0.717, 1.165) is 25.2 Å². The molecule has 5 heteroatoms. The van der Waals surface area contributed by atoms with Crippen molar-refractivity contribution in [3.8, 4) is 0 Å². The minimum absolute atomic E-state index is 0.0456. The molecule has 0 saturated carbocycles. The molecule has 1 aliphatic rings. The lowest BCUT2D eigenvalue weighted by Crippen LogP contribution is -2.33. The van der Waals surface area contributed by atoms with E-state index in [-0.39, 0.29) is 11.8 Å². The largest absolute Gasteiger partial charge is 0.387 e. The minimum atomic E-state index is 0.0456.